The van der Waals surface area contributed by atoms with E-state index in [4.69, 9.17) is 17.0 Å². The number of ether oxygens (including phenoxy) is 1. The quantitative estimate of drug-likeness (QED) is 0.495. The zero-order chi connectivity index (χ0) is 16.8. The normalized spacial score (nSPS) is 17.7. The molecule has 1 aliphatic heterocycles. The predicted octanol–water partition coefficient (Wildman–Crippen LogP) is 2.24. The highest BCUT2D eigenvalue weighted by Gasteiger charge is 2.15. The Balaban J connectivity index is 1.52. The summed E-state index contributed by atoms with van der Waals surface area (Å²) in [6.45, 7) is 3.51. The Bertz CT molecular complexity index is 690. The molecule has 2 heterocycles. The smallest absolute Gasteiger partial charge is 0.187 e. The Morgan fingerprint density at radius 2 is 2.25 bits per heavy atom. The van der Waals surface area contributed by atoms with Gasteiger partial charge in [0.25, 0.3) is 0 Å². The third kappa shape index (κ3) is 4.39. The summed E-state index contributed by atoms with van der Waals surface area (Å²) >= 11 is 5.24. The average Bonchev–Trinajstić information content (AvgIpc) is 3.31. The second-order valence-corrected chi connectivity index (χ2v) is 6.08. The number of hydrogen-bond acceptors (Lipinski definition) is 4. The van der Waals surface area contributed by atoms with Crippen LogP contribution < -0.4 is 10.7 Å². The van der Waals surface area contributed by atoms with Crippen LogP contribution in [0.4, 0.5) is 0 Å². The molecule has 3 rings (SSSR count). The van der Waals surface area contributed by atoms with Gasteiger partial charge in [-0.3, -0.25) is 5.43 Å². The number of aromatic nitrogens is 2. The van der Waals surface area contributed by atoms with Crippen molar-refractivity contribution < 1.29 is 4.74 Å². The number of nitrogens with zero attached hydrogens (tertiary/aromatic N) is 3. The monoisotopic (exact) mass is 343 g/mol. The molecule has 0 bridgehead atoms. The lowest BCUT2D eigenvalue weighted by molar-refractivity contribution is 0.114. The van der Waals surface area contributed by atoms with Crippen LogP contribution in [-0.4, -0.2) is 39.6 Å². The van der Waals surface area contributed by atoms with E-state index in [2.05, 4.69) is 20.8 Å². The van der Waals surface area contributed by atoms with E-state index in [1.165, 1.54) is 0 Å². The van der Waals surface area contributed by atoms with E-state index in [0.29, 0.717) is 5.11 Å². The average molecular weight is 343 g/mol. The van der Waals surface area contributed by atoms with Gasteiger partial charge in [-0.2, -0.15) is 5.10 Å². The zero-order valence-corrected chi connectivity index (χ0v) is 14.4. The summed E-state index contributed by atoms with van der Waals surface area (Å²) in [5.74, 6) is 0. The minimum absolute atomic E-state index is 0.255. The van der Waals surface area contributed by atoms with Gasteiger partial charge in [0.05, 0.1) is 18.1 Å². The van der Waals surface area contributed by atoms with Crippen LogP contribution in [0.5, 0.6) is 0 Å². The van der Waals surface area contributed by atoms with Gasteiger partial charge in [0, 0.05) is 31.2 Å². The fourth-order valence-electron chi connectivity index (χ4n) is 2.54. The first-order valence-electron chi connectivity index (χ1n) is 8.01. The van der Waals surface area contributed by atoms with Crippen LogP contribution in [0.2, 0.25) is 0 Å². The lowest BCUT2D eigenvalue weighted by Gasteiger charge is -2.12. The number of hydrazone groups is 1. The first kappa shape index (κ1) is 16.6. The van der Waals surface area contributed by atoms with Gasteiger partial charge in [0.1, 0.15) is 0 Å². The van der Waals surface area contributed by atoms with Crippen molar-refractivity contribution in [3.8, 4) is 5.69 Å². The first-order valence-corrected chi connectivity index (χ1v) is 8.42. The Labute approximate surface area is 146 Å². The Morgan fingerprint density at radius 1 is 1.42 bits per heavy atom. The molecule has 126 valence electrons. The van der Waals surface area contributed by atoms with Crippen LogP contribution in [0.1, 0.15) is 25.3 Å². The van der Waals surface area contributed by atoms with E-state index in [-0.39, 0.29) is 6.10 Å². The summed E-state index contributed by atoms with van der Waals surface area (Å²) in [6, 6.07) is 8.12. The first-order chi connectivity index (χ1) is 11.7. The van der Waals surface area contributed by atoms with Gasteiger partial charge in [-0.1, -0.05) is 12.1 Å². The number of thiocarbonyl (C=S) groups is 1. The van der Waals surface area contributed by atoms with Crippen LogP contribution in [0.25, 0.3) is 5.69 Å². The molecule has 1 fully saturated rings. The molecule has 6 nitrogen and oxygen atoms in total. The van der Waals surface area contributed by atoms with Gasteiger partial charge < -0.3 is 14.6 Å². The molecular weight excluding hydrogens is 322 g/mol. The minimum atomic E-state index is 0.255. The highest BCUT2D eigenvalue weighted by molar-refractivity contribution is 7.80. The van der Waals surface area contributed by atoms with Crippen LogP contribution in [0.15, 0.2) is 48.1 Å². The Kier molecular flexibility index (Phi) is 5.55. The topological polar surface area (TPSA) is 63.5 Å². The molecule has 1 aromatic carbocycles. The summed E-state index contributed by atoms with van der Waals surface area (Å²) in [6.07, 6.45) is 7.91. The van der Waals surface area contributed by atoms with E-state index >= 15 is 0 Å². The van der Waals surface area contributed by atoms with Crippen molar-refractivity contribution in [2.24, 2.45) is 5.10 Å². The van der Waals surface area contributed by atoms with Gasteiger partial charge in [-0.15, -0.1) is 0 Å². The third-order valence-electron chi connectivity index (χ3n) is 3.93. The maximum atomic E-state index is 5.55. The molecule has 24 heavy (non-hydrogen) atoms. The highest BCUT2D eigenvalue weighted by Crippen LogP contribution is 2.11. The SMILES string of the molecule is C/C(=N/NC(=S)NC[C@H]1CCCO1)c1ccc(-n2ccnc2)cc1. The van der Waals surface area contributed by atoms with Crippen molar-refractivity contribution in [2.45, 2.75) is 25.9 Å². The fraction of sp³-hybridized carbons (Fsp3) is 0.353. The molecule has 7 heteroatoms. The number of rotatable bonds is 5. The Hall–Kier alpha value is -2.25. The molecule has 0 unspecified atom stereocenters. The molecule has 0 amide bonds. The van der Waals surface area contributed by atoms with Gasteiger partial charge in [-0.05, 0) is 49.7 Å². The summed E-state index contributed by atoms with van der Waals surface area (Å²) in [5, 5.41) is 7.99. The fourth-order valence-corrected chi connectivity index (χ4v) is 2.67. The number of benzene rings is 1. The highest BCUT2D eigenvalue weighted by atomic mass is 32.1. The van der Waals surface area contributed by atoms with E-state index in [9.17, 15) is 0 Å². The van der Waals surface area contributed by atoms with Gasteiger partial charge in [-0.25, -0.2) is 4.98 Å². The van der Waals surface area contributed by atoms with Gasteiger partial charge in [0.2, 0.25) is 0 Å². The van der Waals surface area contributed by atoms with Crippen LogP contribution in [0.3, 0.4) is 0 Å². The lowest BCUT2D eigenvalue weighted by Crippen LogP contribution is -2.37. The van der Waals surface area contributed by atoms with Crippen LogP contribution in [-0.2, 0) is 4.74 Å². The van der Waals surface area contributed by atoms with Crippen molar-refractivity contribution >= 4 is 23.0 Å². The molecule has 1 aliphatic rings. The largest absolute Gasteiger partial charge is 0.376 e. The zero-order valence-electron chi connectivity index (χ0n) is 13.6. The van der Waals surface area contributed by atoms with E-state index < -0.39 is 0 Å². The van der Waals surface area contributed by atoms with Crippen molar-refractivity contribution in [3.63, 3.8) is 0 Å². The standard InChI is InChI=1S/C17H21N5OS/c1-13(20-21-17(24)19-11-16-3-2-10-23-16)14-4-6-15(7-5-14)22-9-8-18-12-22/h4-9,12,16H,2-3,10-11H2,1H3,(H2,19,21,24)/b20-13-/t16-/m1/s1. The van der Waals surface area contributed by atoms with Crippen molar-refractivity contribution in [3.05, 3.63) is 48.5 Å². The second kappa shape index (κ2) is 8.03. The lowest BCUT2D eigenvalue weighted by atomic mass is 10.1. The van der Waals surface area contributed by atoms with E-state index in [0.717, 1.165) is 43.0 Å². The second-order valence-electron chi connectivity index (χ2n) is 5.67. The number of hydrogen-bond donors (Lipinski definition) is 2. The van der Waals surface area contributed by atoms with Gasteiger partial charge in [0.15, 0.2) is 5.11 Å². The molecule has 2 aromatic rings. The van der Waals surface area contributed by atoms with Crippen LogP contribution in [0, 0.1) is 0 Å². The maximum Gasteiger partial charge on any atom is 0.187 e. The van der Waals surface area contributed by atoms with Crippen molar-refractivity contribution in [1.29, 1.82) is 0 Å². The van der Waals surface area contributed by atoms with Gasteiger partial charge >= 0.3 is 0 Å². The maximum absolute atomic E-state index is 5.55. The molecule has 1 atom stereocenters. The molecule has 0 saturated carbocycles. The summed E-state index contributed by atoms with van der Waals surface area (Å²) in [7, 11) is 0. The Morgan fingerprint density at radius 3 is 2.92 bits per heavy atom. The predicted molar refractivity (Wildman–Crippen MR) is 98.5 cm³/mol. The summed E-state index contributed by atoms with van der Waals surface area (Å²) in [5.41, 5.74) is 5.85. The molecule has 0 spiro atoms. The van der Waals surface area contributed by atoms with Crippen molar-refractivity contribution in [1.82, 2.24) is 20.3 Å². The molecule has 2 N–H and O–H groups in total. The number of nitrogens with one attached hydrogen (secondary N) is 2. The van der Waals surface area contributed by atoms with E-state index in [1.54, 1.807) is 12.5 Å². The number of imidazole rings is 1. The van der Waals surface area contributed by atoms with Crippen molar-refractivity contribution in [2.75, 3.05) is 13.2 Å². The molecule has 0 aliphatic carbocycles. The van der Waals surface area contributed by atoms with E-state index in [1.807, 2.05) is 42.0 Å². The summed E-state index contributed by atoms with van der Waals surface area (Å²) < 4.78 is 7.50. The minimum Gasteiger partial charge on any atom is -0.376 e. The molecular formula is C17H21N5OS. The van der Waals surface area contributed by atoms with Crippen LogP contribution >= 0.6 is 12.2 Å². The third-order valence-corrected chi connectivity index (χ3v) is 4.16. The summed E-state index contributed by atoms with van der Waals surface area (Å²) in [4.78, 5) is 4.05. The molecule has 0 radical (unpaired) electrons. The molecule has 1 saturated heterocycles. The molecule has 1 aromatic heterocycles.